The molecule has 2 amide bonds. The Morgan fingerprint density at radius 1 is 1.12 bits per heavy atom. The predicted octanol–water partition coefficient (Wildman–Crippen LogP) is 2.91. The fraction of sp³-hybridized carbons (Fsp3) is 0.556. The van der Waals surface area contributed by atoms with E-state index in [1.807, 2.05) is 12.2 Å². The van der Waals surface area contributed by atoms with Crippen molar-refractivity contribution >= 4 is 58.6 Å². The molecule has 2 aliphatic rings. The van der Waals surface area contributed by atoms with Gasteiger partial charge in [-0.1, -0.05) is 47.0 Å². The van der Waals surface area contributed by atoms with E-state index in [4.69, 9.17) is 34.8 Å². The second-order valence-electron chi connectivity index (χ2n) is 3.66. The van der Waals surface area contributed by atoms with Crippen LogP contribution in [0.15, 0.2) is 12.2 Å². The van der Waals surface area contributed by atoms with E-state index >= 15 is 0 Å². The van der Waals surface area contributed by atoms with Crippen LogP contribution < -0.4 is 0 Å². The Bertz CT molecular complexity index is 340. The molecule has 1 heterocycles. The number of allylic oxidation sites excluding steroid dienone is 2. The van der Waals surface area contributed by atoms with E-state index in [-0.39, 0.29) is 23.7 Å². The highest BCUT2D eigenvalue weighted by Crippen LogP contribution is 2.46. The Hall–Kier alpha value is 0.1000. The highest BCUT2D eigenvalue weighted by Gasteiger charge is 2.49. The summed E-state index contributed by atoms with van der Waals surface area (Å²) in [5.41, 5.74) is 0. The molecule has 16 heavy (non-hydrogen) atoms. The van der Waals surface area contributed by atoms with Crippen molar-refractivity contribution in [2.24, 2.45) is 11.8 Å². The molecule has 0 aromatic carbocycles. The Kier molecular flexibility index (Phi) is 3.46. The maximum absolute atomic E-state index is 11.9. The van der Waals surface area contributed by atoms with Gasteiger partial charge in [-0.15, -0.1) is 0 Å². The molecule has 1 aliphatic heterocycles. The van der Waals surface area contributed by atoms with Crippen molar-refractivity contribution in [1.82, 2.24) is 4.31 Å². The van der Waals surface area contributed by atoms with Gasteiger partial charge in [-0.3, -0.25) is 9.59 Å². The second kappa shape index (κ2) is 4.41. The van der Waals surface area contributed by atoms with Crippen molar-refractivity contribution in [3.8, 4) is 0 Å². The van der Waals surface area contributed by atoms with Gasteiger partial charge < -0.3 is 0 Å². The number of rotatable bonds is 1. The molecular formula is C9H8Cl3NO2S. The fourth-order valence-corrected chi connectivity index (χ4v) is 3.24. The van der Waals surface area contributed by atoms with Gasteiger partial charge in [0.2, 0.25) is 11.8 Å². The van der Waals surface area contributed by atoms with Crippen molar-refractivity contribution in [2.75, 3.05) is 0 Å². The number of carbonyl (C=O) groups is 2. The normalized spacial score (nSPS) is 29.8. The van der Waals surface area contributed by atoms with Gasteiger partial charge in [0.05, 0.1) is 11.8 Å². The van der Waals surface area contributed by atoms with Crippen LogP contribution in [0, 0.1) is 11.8 Å². The Balaban J connectivity index is 2.18. The first-order chi connectivity index (χ1) is 7.40. The number of fused-ring (bicyclic) bond motifs is 1. The molecule has 1 saturated heterocycles. The summed E-state index contributed by atoms with van der Waals surface area (Å²) in [6.07, 6.45) is 5.00. The Morgan fingerprint density at radius 3 is 1.94 bits per heavy atom. The van der Waals surface area contributed by atoms with E-state index in [9.17, 15) is 9.59 Å². The van der Waals surface area contributed by atoms with Gasteiger partial charge in [-0.25, -0.2) is 4.31 Å². The summed E-state index contributed by atoms with van der Waals surface area (Å²) in [4.78, 5) is 23.8. The molecule has 0 radical (unpaired) electrons. The van der Waals surface area contributed by atoms with Crippen LogP contribution >= 0.6 is 46.8 Å². The average molecular weight is 301 g/mol. The second-order valence-corrected chi connectivity index (χ2v) is 7.78. The van der Waals surface area contributed by atoms with Gasteiger partial charge >= 0.3 is 0 Å². The minimum atomic E-state index is -1.69. The lowest BCUT2D eigenvalue weighted by Crippen LogP contribution is -2.26. The number of imide groups is 1. The van der Waals surface area contributed by atoms with Crippen molar-refractivity contribution in [2.45, 2.75) is 16.0 Å². The van der Waals surface area contributed by atoms with E-state index in [1.54, 1.807) is 0 Å². The van der Waals surface area contributed by atoms with Crippen LogP contribution in [-0.2, 0) is 9.59 Å². The quantitative estimate of drug-likeness (QED) is 0.323. The highest BCUT2D eigenvalue weighted by atomic mass is 35.6. The third kappa shape index (κ3) is 2.35. The summed E-state index contributed by atoms with van der Waals surface area (Å²) in [6.45, 7) is 0. The number of carbonyl (C=O) groups excluding carboxylic acids is 2. The van der Waals surface area contributed by atoms with Crippen LogP contribution in [0.4, 0.5) is 0 Å². The van der Waals surface area contributed by atoms with Crippen LogP contribution in [0.5, 0.6) is 0 Å². The van der Waals surface area contributed by atoms with Crippen LogP contribution in [0.25, 0.3) is 0 Å². The smallest absolute Gasteiger partial charge is 0.256 e. The van der Waals surface area contributed by atoms with E-state index in [0.717, 1.165) is 4.31 Å². The van der Waals surface area contributed by atoms with Crippen molar-refractivity contribution < 1.29 is 9.59 Å². The summed E-state index contributed by atoms with van der Waals surface area (Å²) in [7, 11) is 0. The molecule has 0 spiro atoms. The van der Waals surface area contributed by atoms with Gasteiger partial charge in [-0.05, 0) is 12.8 Å². The Labute approximate surface area is 112 Å². The number of halogens is 3. The molecule has 88 valence electrons. The lowest BCUT2D eigenvalue weighted by molar-refractivity contribution is -0.133. The fourth-order valence-electron chi connectivity index (χ4n) is 1.96. The summed E-state index contributed by atoms with van der Waals surface area (Å²) in [5, 5.41) is 0. The molecule has 2 atom stereocenters. The number of nitrogens with zero attached hydrogens (tertiary/aromatic N) is 1. The van der Waals surface area contributed by atoms with Crippen molar-refractivity contribution in [3.63, 3.8) is 0 Å². The molecule has 2 rings (SSSR count). The minimum absolute atomic E-state index is 0.254. The first-order valence-electron chi connectivity index (χ1n) is 4.69. The average Bonchev–Trinajstić information content (AvgIpc) is 2.43. The molecular weight excluding hydrogens is 293 g/mol. The minimum Gasteiger partial charge on any atom is -0.273 e. The zero-order valence-corrected chi connectivity index (χ0v) is 11.1. The number of amides is 2. The molecule has 1 aliphatic carbocycles. The van der Waals surface area contributed by atoms with Gasteiger partial charge in [0.1, 0.15) is 0 Å². The largest absolute Gasteiger partial charge is 0.273 e. The van der Waals surface area contributed by atoms with Crippen LogP contribution in [-0.4, -0.2) is 19.2 Å². The summed E-state index contributed by atoms with van der Waals surface area (Å²) in [6, 6.07) is 0. The van der Waals surface area contributed by atoms with Gasteiger partial charge in [-0.2, -0.15) is 0 Å². The molecule has 0 aromatic rings. The van der Waals surface area contributed by atoms with Crippen LogP contribution in [0.1, 0.15) is 12.8 Å². The van der Waals surface area contributed by atoms with E-state index < -0.39 is 3.12 Å². The third-order valence-corrected chi connectivity index (χ3v) is 4.03. The van der Waals surface area contributed by atoms with Gasteiger partial charge in [0.25, 0.3) is 3.12 Å². The molecule has 0 unspecified atom stereocenters. The van der Waals surface area contributed by atoms with E-state index in [0.29, 0.717) is 24.8 Å². The Morgan fingerprint density at radius 2 is 1.56 bits per heavy atom. The zero-order valence-electron chi connectivity index (χ0n) is 8.03. The van der Waals surface area contributed by atoms with Crippen LogP contribution in [0.2, 0.25) is 0 Å². The molecule has 0 aromatic heterocycles. The van der Waals surface area contributed by atoms with E-state index in [2.05, 4.69) is 0 Å². The van der Waals surface area contributed by atoms with Gasteiger partial charge in [0.15, 0.2) is 0 Å². The van der Waals surface area contributed by atoms with Crippen molar-refractivity contribution in [1.29, 1.82) is 0 Å². The number of hydrogen-bond donors (Lipinski definition) is 0. The van der Waals surface area contributed by atoms with Crippen molar-refractivity contribution in [3.05, 3.63) is 12.2 Å². The summed E-state index contributed by atoms with van der Waals surface area (Å²) in [5.74, 6) is -1.07. The standard InChI is InChI=1S/C9H8Cl3NO2S/c10-9(11,12)16-13-7(14)5-3-1-2-4-6(5)8(13)15/h1-2,5-6H,3-4H2/t5-,6+. The molecule has 0 saturated carbocycles. The third-order valence-electron chi connectivity index (χ3n) is 2.66. The van der Waals surface area contributed by atoms with Crippen LogP contribution in [0.3, 0.4) is 0 Å². The topological polar surface area (TPSA) is 37.4 Å². The SMILES string of the molecule is O=C1[C@H]2CC=CC[C@H]2C(=O)N1SC(Cl)(Cl)Cl. The number of hydrogen-bond acceptors (Lipinski definition) is 3. The molecule has 1 fully saturated rings. The maximum Gasteiger partial charge on any atom is 0.256 e. The first-order valence-corrected chi connectivity index (χ1v) is 6.59. The van der Waals surface area contributed by atoms with Gasteiger partial charge in [0, 0.05) is 11.9 Å². The lowest BCUT2D eigenvalue weighted by atomic mass is 9.85. The lowest BCUT2D eigenvalue weighted by Gasteiger charge is -2.17. The summed E-state index contributed by atoms with van der Waals surface area (Å²) >= 11 is 17.4. The zero-order chi connectivity index (χ0) is 11.9. The molecule has 0 N–H and O–H groups in total. The monoisotopic (exact) mass is 299 g/mol. The molecule has 0 bridgehead atoms. The highest BCUT2D eigenvalue weighted by molar-refractivity contribution is 8.03. The summed E-state index contributed by atoms with van der Waals surface area (Å²) < 4.78 is -0.693. The number of alkyl halides is 3. The first kappa shape index (κ1) is 12.6. The maximum atomic E-state index is 11.9. The van der Waals surface area contributed by atoms with E-state index in [1.165, 1.54) is 0 Å². The molecule has 7 heteroatoms. The molecule has 3 nitrogen and oxygen atoms in total. The predicted molar refractivity (Wildman–Crippen MR) is 65.1 cm³/mol.